The van der Waals surface area contributed by atoms with Crippen LogP contribution in [0.1, 0.15) is 29.4 Å². The van der Waals surface area contributed by atoms with Crippen LogP contribution in [0.2, 0.25) is 0 Å². The first-order valence-electron chi connectivity index (χ1n) is 5.59. The quantitative estimate of drug-likeness (QED) is 0.863. The third-order valence-electron chi connectivity index (χ3n) is 2.79. The fourth-order valence-electron chi connectivity index (χ4n) is 1.65. The summed E-state index contributed by atoms with van der Waals surface area (Å²) >= 11 is 0. The summed E-state index contributed by atoms with van der Waals surface area (Å²) in [6, 6.07) is 3.49. The van der Waals surface area contributed by atoms with Gasteiger partial charge in [0.05, 0.1) is 6.54 Å². The van der Waals surface area contributed by atoms with E-state index in [4.69, 9.17) is 5.11 Å². The van der Waals surface area contributed by atoms with E-state index in [2.05, 4.69) is 5.32 Å². The normalized spacial score (nSPS) is 17.6. The molecule has 1 unspecified atom stereocenters. The maximum atomic E-state index is 12.1. The number of amides is 1. The van der Waals surface area contributed by atoms with Gasteiger partial charge in [0.25, 0.3) is 5.91 Å². The molecule has 0 aliphatic heterocycles. The molecular formula is C11H13F3N2O2. The van der Waals surface area contributed by atoms with Crippen molar-refractivity contribution < 1.29 is 23.1 Å². The van der Waals surface area contributed by atoms with Gasteiger partial charge in [0.15, 0.2) is 6.10 Å². The van der Waals surface area contributed by atoms with Crippen molar-refractivity contribution in [2.75, 3.05) is 6.54 Å². The lowest BCUT2D eigenvalue weighted by Crippen LogP contribution is -2.41. The smallest absolute Gasteiger partial charge is 0.382 e. The Bertz CT molecular complexity index is 438. The molecule has 0 radical (unpaired) electrons. The van der Waals surface area contributed by atoms with Crippen LogP contribution in [0, 0.1) is 0 Å². The van der Waals surface area contributed by atoms with Gasteiger partial charge in [0.2, 0.25) is 0 Å². The van der Waals surface area contributed by atoms with Crippen LogP contribution in [-0.2, 0) is 0 Å². The van der Waals surface area contributed by atoms with Crippen LogP contribution in [0.15, 0.2) is 18.3 Å². The molecule has 1 saturated carbocycles. The molecule has 1 fully saturated rings. The monoisotopic (exact) mass is 262 g/mol. The van der Waals surface area contributed by atoms with Crippen LogP contribution >= 0.6 is 0 Å². The lowest BCUT2D eigenvalue weighted by Gasteiger charge is -2.15. The average Bonchev–Trinajstić information content (AvgIpc) is 3.02. The van der Waals surface area contributed by atoms with Gasteiger partial charge in [0, 0.05) is 12.2 Å². The molecule has 1 aliphatic rings. The number of nitrogens with one attached hydrogen (secondary N) is 1. The van der Waals surface area contributed by atoms with Gasteiger partial charge in [-0.25, -0.2) is 0 Å². The number of rotatable bonds is 4. The Morgan fingerprint density at radius 1 is 1.56 bits per heavy atom. The summed E-state index contributed by atoms with van der Waals surface area (Å²) in [6.07, 6.45) is -3.58. The van der Waals surface area contributed by atoms with E-state index in [0.29, 0.717) is 5.69 Å². The average molecular weight is 262 g/mol. The third kappa shape index (κ3) is 2.84. The Kier molecular flexibility index (Phi) is 3.34. The Morgan fingerprint density at radius 3 is 2.78 bits per heavy atom. The summed E-state index contributed by atoms with van der Waals surface area (Å²) in [5, 5.41) is 10.9. The number of alkyl halides is 3. The van der Waals surface area contributed by atoms with Crippen molar-refractivity contribution in [2.45, 2.75) is 31.2 Å². The number of hydrogen-bond acceptors (Lipinski definition) is 2. The van der Waals surface area contributed by atoms with Crippen molar-refractivity contribution in [3.8, 4) is 0 Å². The fourth-order valence-corrected chi connectivity index (χ4v) is 1.65. The summed E-state index contributed by atoms with van der Waals surface area (Å²) < 4.78 is 37.9. The summed E-state index contributed by atoms with van der Waals surface area (Å²) in [6.45, 7) is -0.835. The SMILES string of the molecule is O=C(NCC(O)C(F)(F)F)c1cccn1C1CC1. The Labute approximate surface area is 101 Å². The number of hydrogen-bond donors (Lipinski definition) is 2. The lowest BCUT2D eigenvalue weighted by atomic mass is 10.3. The first-order valence-corrected chi connectivity index (χ1v) is 5.59. The van der Waals surface area contributed by atoms with Crippen LogP contribution in [0.3, 0.4) is 0 Å². The van der Waals surface area contributed by atoms with Gasteiger partial charge in [-0.05, 0) is 25.0 Å². The summed E-state index contributed by atoms with van der Waals surface area (Å²) in [5.74, 6) is -0.602. The van der Waals surface area contributed by atoms with Crippen LogP contribution in [0.5, 0.6) is 0 Å². The molecule has 2 rings (SSSR count). The molecule has 1 heterocycles. The van der Waals surface area contributed by atoms with E-state index in [1.807, 2.05) is 0 Å². The minimum atomic E-state index is -4.72. The number of aliphatic hydroxyl groups excluding tert-OH is 1. The van der Waals surface area contributed by atoms with E-state index in [-0.39, 0.29) is 6.04 Å². The number of carbonyl (C=O) groups is 1. The molecule has 0 spiro atoms. The van der Waals surface area contributed by atoms with Crippen molar-refractivity contribution in [1.82, 2.24) is 9.88 Å². The van der Waals surface area contributed by atoms with E-state index in [1.54, 1.807) is 22.9 Å². The second-order valence-corrected chi connectivity index (χ2v) is 4.30. The zero-order valence-electron chi connectivity index (χ0n) is 9.44. The molecule has 0 bridgehead atoms. The minimum Gasteiger partial charge on any atom is -0.382 e. The second-order valence-electron chi connectivity index (χ2n) is 4.30. The van der Waals surface area contributed by atoms with Crippen LogP contribution < -0.4 is 5.32 Å². The molecule has 2 N–H and O–H groups in total. The fraction of sp³-hybridized carbons (Fsp3) is 0.545. The molecule has 7 heteroatoms. The van der Waals surface area contributed by atoms with E-state index in [0.717, 1.165) is 12.8 Å². The highest BCUT2D eigenvalue weighted by Gasteiger charge is 2.38. The van der Waals surface area contributed by atoms with Crippen molar-refractivity contribution in [3.63, 3.8) is 0 Å². The Balaban J connectivity index is 1.93. The molecule has 1 aromatic rings. The molecule has 1 atom stereocenters. The van der Waals surface area contributed by atoms with Gasteiger partial charge in [-0.1, -0.05) is 0 Å². The molecule has 4 nitrogen and oxygen atoms in total. The predicted octanol–water partition coefficient (Wildman–Crippen LogP) is 1.48. The number of halogens is 3. The van der Waals surface area contributed by atoms with Gasteiger partial charge in [0.1, 0.15) is 5.69 Å². The van der Waals surface area contributed by atoms with Crippen LogP contribution in [0.25, 0.3) is 0 Å². The van der Waals surface area contributed by atoms with Crippen molar-refractivity contribution in [1.29, 1.82) is 0 Å². The molecule has 1 aliphatic carbocycles. The lowest BCUT2D eigenvalue weighted by molar-refractivity contribution is -0.201. The largest absolute Gasteiger partial charge is 0.416 e. The summed E-state index contributed by atoms with van der Waals surface area (Å²) in [5.41, 5.74) is 0.326. The first kappa shape index (κ1) is 12.9. The zero-order chi connectivity index (χ0) is 13.3. The van der Waals surface area contributed by atoms with E-state index in [1.165, 1.54) is 0 Å². The number of aliphatic hydroxyl groups is 1. The first-order chi connectivity index (χ1) is 8.39. The molecule has 0 aromatic carbocycles. The molecular weight excluding hydrogens is 249 g/mol. The maximum Gasteiger partial charge on any atom is 0.416 e. The predicted molar refractivity (Wildman–Crippen MR) is 57.1 cm³/mol. The zero-order valence-corrected chi connectivity index (χ0v) is 9.44. The number of carbonyl (C=O) groups excluding carboxylic acids is 1. The number of aromatic nitrogens is 1. The topological polar surface area (TPSA) is 54.3 Å². The van der Waals surface area contributed by atoms with Gasteiger partial charge in [-0.2, -0.15) is 13.2 Å². The standard InChI is InChI=1S/C11H13F3N2O2/c12-11(13,14)9(17)6-15-10(18)8-2-1-5-16(8)7-3-4-7/h1-2,5,7,9,17H,3-4,6H2,(H,15,18). The van der Waals surface area contributed by atoms with Crippen molar-refractivity contribution >= 4 is 5.91 Å². The highest BCUT2D eigenvalue weighted by atomic mass is 19.4. The molecule has 1 amide bonds. The molecule has 1 aromatic heterocycles. The summed E-state index contributed by atoms with van der Waals surface area (Å²) in [7, 11) is 0. The van der Waals surface area contributed by atoms with E-state index < -0.39 is 24.7 Å². The van der Waals surface area contributed by atoms with Gasteiger partial charge in [-0.15, -0.1) is 0 Å². The van der Waals surface area contributed by atoms with Crippen molar-refractivity contribution in [2.24, 2.45) is 0 Å². The third-order valence-corrected chi connectivity index (χ3v) is 2.79. The van der Waals surface area contributed by atoms with Gasteiger partial charge < -0.3 is 15.0 Å². The maximum absolute atomic E-state index is 12.1. The van der Waals surface area contributed by atoms with Crippen molar-refractivity contribution in [3.05, 3.63) is 24.0 Å². The summed E-state index contributed by atoms with van der Waals surface area (Å²) in [4.78, 5) is 11.7. The molecule has 18 heavy (non-hydrogen) atoms. The molecule has 100 valence electrons. The van der Waals surface area contributed by atoms with Crippen LogP contribution in [0.4, 0.5) is 13.2 Å². The highest BCUT2D eigenvalue weighted by Crippen LogP contribution is 2.35. The van der Waals surface area contributed by atoms with Crippen LogP contribution in [-0.4, -0.2) is 34.4 Å². The molecule has 0 saturated heterocycles. The van der Waals surface area contributed by atoms with E-state index in [9.17, 15) is 18.0 Å². The Hall–Kier alpha value is -1.50. The Morgan fingerprint density at radius 2 is 2.22 bits per heavy atom. The number of nitrogens with zero attached hydrogens (tertiary/aromatic N) is 1. The van der Waals surface area contributed by atoms with Gasteiger partial charge >= 0.3 is 6.18 Å². The highest BCUT2D eigenvalue weighted by molar-refractivity contribution is 5.92. The second kappa shape index (κ2) is 4.64. The minimum absolute atomic E-state index is 0.272. The van der Waals surface area contributed by atoms with E-state index >= 15 is 0 Å². The van der Waals surface area contributed by atoms with Gasteiger partial charge in [-0.3, -0.25) is 4.79 Å².